The van der Waals surface area contributed by atoms with Gasteiger partial charge in [-0.05, 0) is 13.0 Å². The number of nitrogens with zero attached hydrogens (tertiary/aromatic N) is 2. The smallest absolute Gasteiger partial charge is 0.220 e. The molecule has 2 N–H and O–H groups in total. The highest BCUT2D eigenvalue weighted by Gasteiger charge is 1.97. The number of nitrogens with two attached hydrogens (primary N) is 1. The standard InChI is InChI=1S/C7H10ClN3/c1-5-4-6(2-3-8)11-7(9)10-5/h4H,2-3H2,1H3,(H2,9,10,11). The van der Waals surface area contributed by atoms with Gasteiger partial charge in [-0.25, -0.2) is 9.97 Å². The van der Waals surface area contributed by atoms with Crippen molar-refractivity contribution >= 4 is 17.5 Å². The van der Waals surface area contributed by atoms with Gasteiger partial charge >= 0.3 is 0 Å². The van der Waals surface area contributed by atoms with E-state index in [2.05, 4.69) is 9.97 Å². The van der Waals surface area contributed by atoms with Crippen molar-refractivity contribution in [1.82, 2.24) is 9.97 Å². The monoisotopic (exact) mass is 171 g/mol. The lowest BCUT2D eigenvalue weighted by Crippen LogP contribution is -2.01. The Labute approximate surface area is 70.6 Å². The molecule has 11 heavy (non-hydrogen) atoms. The lowest BCUT2D eigenvalue weighted by atomic mass is 10.3. The highest BCUT2D eigenvalue weighted by atomic mass is 35.5. The van der Waals surface area contributed by atoms with E-state index in [4.69, 9.17) is 17.3 Å². The number of hydrogen-bond acceptors (Lipinski definition) is 3. The highest BCUT2D eigenvalue weighted by Crippen LogP contribution is 2.02. The molecule has 0 unspecified atom stereocenters. The van der Waals surface area contributed by atoms with Crippen molar-refractivity contribution in [2.24, 2.45) is 0 Å². The molecular weight excluding hydrogens is 162 g/mol. The summed E-state index contributed by atoms with van der Waals surface area (Å²) in [5.41, 5.74) is 7.22. The van der Waals surface area contributed by atoms with Crippen molar-refractivity contribution in [3.63, 3.8) is 0 Å². The Balaban J connectivity index is 2.89. The van der Waals surface area contributed by atoms with E-state index in [1.165, 1.54) is 0 Å². The molecule has 0 aromatic carbocycles. The summed E-state index contributed by atoms with van der Waals surface area (Å²) in [7, 11) is 0. The molecule has 0 fully saturated rings. The van der Waals surface area contributed by atoms with Crippen LogP contribution in [0.2, 0.25) is 0 Å². The van der Waals surface area contributed by atoms with E-state index < -0.39 is 0 Å². The van der Waals surface area contributed by atoms with E-state index in [0.717, 1.165) is 17.8 Å². The number of hydrogen-bond donors (Lipinski definition) is 1. The third-order valence-electron chi connectivity index (χ3n) is 1.28. The minimum Gasteiger partial charge on any atom is -0.368 e. The summed E-state index contributed by atoms with van der Waals surface area (Å²) < 4.78 is 0. The van der Waals surface area contributed by atoms with Gasteiger partial charge in [0.2, 0.25) is 5.95 Å². The molecular formula is C7H10ClN3. The number of halogens is 1. The van der Waals surface area contributed by atoms with E-state index in [0.29, 0.717) is 11.8 Å². The van der Waals surface area contributed by atoms with Crippen molar-refractivity contribution in [2.45, 2.75) is 13.3 Å². The summed E-state index contributed by atoms with van der Waals surface area (Å²) >= 11 is 5.54. The highest BCUT2D eigenvalue weighted by molar-refractivity contribution is 6.17. The van der Waals surface area contributed by atoms with Crippen LogP contribution in [0.5, 0.6) is 0 Å². The Bertz CT molecular complexity index is 229. The molecule has 0 radical (unpaired) electrons. The molecule has 0 aliphatic heterocycles. The maximum Gasteiger partial charge on any atom is 0.220 e. The fourth-order valence-electron chi connectivity index (χ4n) is 0.883. The molecule has 4 heteroatoms. The van der Waals surface area contributed by atoms with E-state index in [1.807, 2.05) is 13.0 Å². The number of alkyl halides is 1. The second kappa shape index (κ2) is 3.53. The fourth-order valence-corrected chi connectivity index (χ4v) is 1.08. The van der Waals surface area contributed by atoms with Gasteiger partial charge in [-0.1, -0.05) is 0 Å². The zero-order valence-corrected chi connectivity index (χ0v) is 7.10. The maximum atomic E-state index is 5.54. The van der Waals surface area contributed by atoms with Crippen LogP contribution in [-0.4, -0.2) is 15.8 Å². The molecule has 0 saturated heterocycles. The van der Waals surface area contributed by atoms with Gasteiger partial charge in [0.25, 0.3) is 0 Å². The quantitative estimate of drug-likeness (QED) is 0.680. The van der Waals surface area contributed by atoms with Crippen molar-refractivity contribution in [2.75, 3.05) is 11.6 Å². The second-order valence-electron chi connectivity index (χ2n) is 2.30. The van der Waals surface area contributed by atoms with Crippen molar-refractivity contribution in [3.05, 3.63) is 17.5 Å². The first-order chi connectivity index (χ1) is 5.22. The Morgan fingerprint density at radius 3 is 2.82 bits per heavy atom. The Kier molecular flexibility index (Phi) is 2.65. The Hall–Kier alpha value is -0.830. The summed E-state index contributed by atoms with van der Waals surface area (Å²) in [6.45, 7) is 1.88. The van der Waals surface area contributed by atoms with Crippen molar-refractivity contribution < 1.29 is 0 Å². The molecule has 3 nitrogen and oxygen atoms in total. The van der Waals surface area contributed by atoms with Gasteiger partial charge in [0.05, 0.1) is 0 Å². The van der Waals surface area contributed by atoms with Crippen LogP contribution in [0.4, 0.5) is 5.95 Å². The summed E-state index contributed by atoms with van der Waals surface area (Å²) in [6.07, 6.45) is 0.745. The molecule has 1 aromatic heterocycles. The average molecular weight is 172 g/mol. The van der Waals surface area contributed by atoms with Crippen molar-refractivity contribution in [1.29, 1.82) is 0 Å². The first kappa shape index (κ1) is 8.27. The van der Waals surface area contributed by atoms with Gasteiger partial charge in [0.1, 0.15) is 0 Å². The normalized spacial score (nSPS) is 10.0. The number of aromatic nitrogens is 2. The van der Waals surface area contributed by atoms with Crippen LogP contribution < -0.4 is 5.73 Å². The molecule has 1 rings (SSSR count). The van der Waals surface area contributed by atoms with E-state index >= 15 is 0 Å². The lowest BCUT2D eigenvalue weighted by Gasteiger charge is -1.99. The number of aryl methyl sites for hydroxylation is 2. The largest absolute Gasteiger partial charge is 0.368 e. The minimum absolute atomic E-state index is 0.324. The molecule has 1 aromatic rings. The van der Waals surface area contributed by atoms with Crippen molar-refractivity contribution in [3.8, 4) is 0 Å². The van der Waals surface area contributed by atoms with E-state index in [1.54, 1.807) is 0 Å². The zero-order valence-electron chi connectivity index (χ0n) is 6.34. The zero-order chi connectivity index (χ0) is 8.27. The van der Waals surface area contributed by atoms with Gasteiger partial charge in [0.15, 0.2) is 0 Å². The number of anilines is 1. The van der Waals surface area contributed by atoms with Gasteiger partial charge in [-0.3, -0.25) is 0 Å². The number of rotatable bonds is 2. The first-order valence-corrected chi connectivity index (χ1v) is 3.92. The fraction of sp³-hybridized carbons (Fsp3) is 0.429. The number of nitrogen functional groups attached to an aromatic ring is 1. The molecule has 0 aliphatic rings. The minimum atomic E-state index is 0.324. The molecule has 0 amide bonds. The molecule has 1 heterocycles. The van der Waals surface area contributed by atoms with Crippen LogP contribution in [0, 0.1) is 6.92 Å². The Morgan fingerprint density at radius 1 is 1.55 bits per heavy atom. The average Bonchev–Trinajstić information content (AvgIpc) is 1.85. The van der Waals surface area contributed by atoms with Gasteiger partial charge in [0, 0.05) is 23.7 Å². The predicted octanol–water partition coefficient (Wildman–Crippen LogP) is 1.15. The molecule has 0 spiro atoms. The van der Waals surface area contributed by atoms with Gasteiger partial charge < -0.3 is 5.73 Å². The van der Waals surface area contributed by atoms with E-state index in [9.17, 15) is 0 Å². The van der Waals surface area contributed by atoms with Gasteiger partial charge in [-0.15, -0.1) is 11.6 Å². The summed E-state index contributed by atoms with van der Waals surface area (Å²) in [6, 6.07) is 1.89. The maximum absolute atomic E-state index is 5.54. The van der Waals surface area contributed by atoms with Gasteiger partial charge in [-0.2, -0.15) is 0 Å². The van der Waals surface area contributed by atoms with Crippen LogP contribution in [-0.2, 0) is 6.42 Å². The van der Waals surface area contributed by atoms with Crippen LogP contribution in [0.3, 0.4) is 0 Å². The predicted molar refractivity (Wildman–Crippen MR) is 45.6 cm³/mol. The second-order valence-corrected chi connectivity index (χ2v) is 2.68. The SMILES string of the molecule is Cc1cc(CCCl)nc(N)n1. The van der Waals surface area contributed by atoms with Crippen LogP contribution in [0.15, 0.2) is 6.07 Å². The Morgan fingerprint density at radius 2 is 2.27 bits per heavy atom. The molecule has 0 atom stereocenters. The van der Waals surface area contributed by atoms with Crippen LogP contribution in [0.1, 0.15) is 11.4 Å². The first-order valence-electron chi connectivity index (χ1n) is 3.38. The molecule has 0 bridgehead atoms. The summed E-state index contributed by atoms with van der Waals surface area (Å²) in [5, 5.41) is 0. The molecule has 0 aliphatic carbocycles. The molecule has 0 saturated carbocycles. The topological polar surface area (TPSA) is 51.8 Å². The third kappa shape index (κ3) is 2.35. The van der Waals surface area contributed by atoms with Crippen LogP contribution >= 0.6 is 11.6 Å². The third-order valence-corrected chi connectivity index (χ3v) is 1.46. The lowest BCUT2D eigenvalue weighted by molar-refractivity contribution is 0.992. The summed E-state index contributed by atoms with van der Waals surface area (Å²) in [5.74, 6) is 0.890. The molecule has 60 valence electrons. The summed E-state index contributed by atoms with van der Waals surface area (Å²) in [4.78, 5) is 7.95. The van der Waals surface area contributed by atoms with E-state index in [-0.39, 0.29) is 0 Å². The van der Waals surface area contributed by atoms with Crippen LogP contribution in [0.25, 0.3) is 0 Å².